The number of anilines is 1. The minimum Gasteiger partial charge on any atom is -0.324 e. The van der Waals surface area contributed by atoms with Gasteiger partial charge in [0.25, 0.3) is 0 Å². The highest BCUT2D eigenvalue weighted by atomic mass is 35.5. The highest BCUT2D eigenvalue weighted by molar-refractivity contribution is 8.00. The van der Waals surface area contributed by atoms with Crippen LogP contribution in [0.4, 0.5) is 18.9 Å². The summed E-state index contributed by atoms with van der Waals surface area (Å²) in [6.45, 7) is 1.63. The largest absolute Gasteiger partial charge is 0.416 e. The fraction of sp³-hybridized carbons (Fsp3) is 0.188. The van der Waals surface area contributed by atoms with Gasteiger partial charge in [-0.15, -0.1) is 11.8 Å². The summed E-state index contributed by atoms with van der Waals surface area (Å²) >= 11 is 13.1. The third-order valence-electron chi connectivity index (χ3n) is 3.06. The van der Waals surface area contributed by atoms with Crippen molar-refractivity contribution in [3.63, 3.8) is 0 Å². The third kappa shape index (κ3) is 4.82. The first-order valence-electron chi connectivity index (χ1n) is 6.77. The second kappa shape index (κ2) is 7.68. The standard InChI is InChI=1S/C16H12Cl2F3NOS/c1-9(24-14-5-3-2-4-12(14)18)15(23)22-13-8-10(16(19,20)21)6-7-11(13)17/h2-9H,1H3,(H,22,23)/t9-/m0/s1. The molecule has 0 saturated carbocycles. The second-order valence-electron chi connectivity index (χ2n) is 4.87. The Bertz CT molecular complexity index is 752. The highest BCUT2D eigenvalue weighted by Crippen LogP contribution is 2.35. The van der Waals surface area contributed by atoms with Crippen LogP contribution in [0.1, 0.15) is 12.5 Å². The van der Waals surface area contributed by atoms with Crippen LogP contribution in [-0.2, 0) is 11.0 Å². The van der Waals surface area contributed by atoms with Crippen LogP contribution in [0.3, 0.4) is 0 Å². The maximum atomic E-state index is 12.8. The monoisotopic (exact) mass is 393 g/mol. The molecule has 0 radical (unpaired) electrons. The number of thioether (sulfide) groups is 1. The van der Waals surface area contributed by atoms with Gasteiger partial charge in [0.05, 0.1) is 26.5 Å². The van der Waals surface area contributed by atoms with Gasteiger partial charge in [-0.25, -0.2) is 0 Å². The van der Waals surface area contributed by atoms with Crippen LogP contribution >= 0.6 is 35.0 Å². The van der Waals surface area contributed by atoms with E-state index in [9.17, 15) is 18.0 Å². The lowest BCUT2D eigenvalue weighted by atomic mass is 10.2. The van der Waals surface area contributed by atoms with Crippen molar-refractivity contribution >= 4 is 46.6 Å². The first-order valence-corrected chi connectivity index (χ1v) is 8.41. The molecule has 8 heteroatoms. The predicted molar refractivity (Wildman–Crippen MR) is 91.9 cm³/mol. The first-order chi connectivity index (χ1) is 11.2. The van der Waals surface area contributed by atoms with Gasteiger partial charge < -0.3 is 5.32 Å². The molecule has 1 atom stereocenters. The van der Waals surface area contributed by atoms with Crippen molar-refractivity contribution in [2.24, 2.45) is 0 Å². The van der Waals surface area contributed by atoms with Crippen LogP contribution in [-0.4, -0.2) is 11.2 Å². The molecule has 0 aromatic heterocycles. The molecule has 1 N–H and O–H groups in total. The summed E-state index contributed by atoms with van der Waals surface area (Å²) in [4.78, 5) is 12.9. The smallest absolute Gasteiger partial charge is 0.324 e. The number of alkyl halides is 3. The van der Waals surface area contributed by atoms with E-state index in [4.69, 9.17) is 23.2 Å². The molecule has 1 amide bonds. The van der Waals surface area contributed by atoms with E-state index in [1.165, 1.54) is 11.8 Å². The van der Waals surface area contributed by atoms with Crippen molar-refractivity contribution in [1.29, 1.82) is 0 Å². The van der Waals surface area contributed by atoms with Crippen molar-refractivity contribution in [1.82, 2.24) is 0 Å². The lowest BCUT2D eigenvalue weighted by molar-refractivity contribution is -0.137. The molecule has 0 bridgehead atoms. The summed E-state index contributed by atoms with van der Waals surface area (Å²) in [6, 6.07) is 9.77. The zero-order chi connectivity index (χ0) is 17.9. The lowest BCUT2D eigenvalue weighted by Gasteiger charge is -2.15. The molecule has 0 unspecified atom stereocenters. The number of carbonyl (C=O) groups is 1. The molecule has 0 spiro atoms. The van der Waals surface area contributed by atoms with E-state index in [1.807, 2.05) is 0 Å². The summed E-state index contributed by atoms with van der Waals surface area (Å²) in [5, 5.41) is 2.39. The van der Waals surface area contributed by atoms with Gasteiger partial charge in [-0.1, -0.05) is 35.3 Å². The van der Waals surface area contributed by atoms with Gasteiger partial charge >= 0.3 is 6.18 Å². The third-order valence-corrected chi connectivity index (χ3v) is 5.01. The summed E-state index contributed by atoms with van der Waals surface area (Å²) in [5.74, 6) is -0.471. The maximum Gasteiger partial charge on any atom is 0.416 e. The number of benzene rings is 2. The van der Waals surface area contributed by atoms with Crippen LogP contribution in [0.25, 0.3) is 0 Å². The SMILES string of the molecule is C[C@H](Sc1ccccc1Cl)C(=O)Nc1cc(C(F)(F)F)ccc1Cl. The van der Waals surface area contributed by atoms with Gasteiger partial charge in [0.15, 0.2) is 0 Å². The van der Waals surface area contributed by atoms with Gasteiger partial charge in [-0.05, 0) is 37.3 Å². The number of hydrogen-bond donors (Lipinski definition) is 1. The summed E-state index contributed by atoms with van der Waals surface area (Å²) in [5.41, 5.74) is -0.961. The van der Waals surface area contributed by atoms with Crippen molar-refractivity contribution in [2.45, 2.75) is 23.2 Å². The minimum atomic E-state index is -4.51. The molecule has 2 nitrogen and oxygen atoms in total. The Morgan fingerprint density at radius 2 is 1.79 bits per heavy atom. The molecular formula is C16H12Cl2F3NOS. The highest BCUT2D eigenvalue weighted by Gasteiger charge is 2.31. The van der Waals surface area contributed by atoms with Crippen molar-refractivity contribution in [3.8, 4) is 0 Å². The Morgan fingerprint density at radius 1 is 1.12 bits per heavy atom. The minimum absolute atomic E-state index is 0.0336. The average molecular weight is 394 g/mol. The molecule has 128 valence electrons. The number of hydrogen-bond acceptors (Lipinski definition) is 2. The second-order valence-corrected chi connectivity index (χ2v) is 7.07. The zero-order valence-electron chi connectivity index (χ0n) is 12.3. The molecule has 0 aliphatic heterocycles. The number of carbonyl (C=O) groups excluding carboxylic acids is 1. The number of nitrogens with one attached hydrogen (secondary N) is 1. The van der Waals surface area contributed by atoms with E-state index in [0.29, 0.717) is 9.92 Å². The number of halogens is 5. The van der Waals surface area contributed by atoms with Gasteiger partial charge in [0.1, 0.15) is 0 Å². The Labute approximate surface area is 151 Å². The molecule has 0 saturated heterocycles. The van der Waals surface area contributed by atoms with E-state index in [1.54, 1.807) is 31.2 Å². The van der Waals surface area contributed by atoms with E-state index in [0.717, 1.165) is 18.2 Å². The van der Waals surface area contributed by atoms with Crippen LogP contribution in [0.2, 0.25) is 10.0 Å². The quantitative estimate of drug-likeness (QED) is 0.632. The Balaban J connectivity index is 2.13. The topological polar surface area (TPSA) is 29.1 Å². The summed E-state index contributed by atoms with van der Waals surface area (Å²) < 4.78 is 38.3. The van der Waals surface area contributed by atoms with E-state index < -0.39 is 22.9 Å². The van der Waals surface area contributed by atoms with Crippen molar-refractivity contribution < 1.29 is 18.0 Å². The predicted octanol–water partition coefficient (Wildman–Crippen LogP) is 6.13. The number of rotatable bonds is 4. The molecule has 0 fully saturated rings. The Morgan fingerprint density at radius 3 is 2.42 bits per heavy atom. The van der Waals surface area contributed by atoms with Crippen LogP contribution in [0.5, 0.6) is 0 Å². The summed E-state index contributed by atoms with van der Waals surface area (Å²) in [7, 11) is 0. The Kier molecular flexibility index (Phi) is 6.06. The summed E-state index contributed by atoms with van der Waals surface area (Å²) in [6.07, 6.45) is -4.51. The van der Waals surface area contributed by atoms with Crippen molar-refractivity contribution in [3.05, 3.63) is 58.1 Å². The Hall–Kier alpha value is -1.37. The molecule has 0 aliphatic rings. The van der Waals surface area contributed by atoms with Crippen LogP contribution in [0.15, 0.2) is 47.4 Å². The zero-order valence-corrected chi connectivity index (χ0v) is 14.7. The first kappa shape index (κ1) is 19.0. The normalized spacial score (nSPS) is 12.8. The number of amides is 1. The van der Waals surface area contributed by atoms with Crippen LogP contribution < -0.4 is 5.32 Å². The van der Waals surface area contributed by atoms with Gasteiger partial charge in [-0.2, -0.15) is 13.2 Å². The molecule has 2 rings (SSSR count). The molecule has 2 aromatic rings. The van der Waals surface area contributed by atoms with E-state index in [-0.39, 0.29) is 10.7 Å². The fourth-order valence-corrected chi connectivity index (χ4v) is 3.13. The van der Waals surface area contributed by atoms with Gasteiger partial charge in [0, 0.05) is 4.90 Å². The molecule has 2 aromatic carbocycles. The van der Waals surface area contributed by atoms with Crippen molar-refractivity contribution in [2.75, 3.05) is 5.32 Å². The van der Waals surface area contributed by atoms with Gasteiger partial charge in [-0.3, -0.25) is 4.79 Å². The molecule has 0 aliphatic carbocycles. The molecule has 0 heterocycles. The lowest BCUT2D eigenvalue weighted by Crippen LogP contribution is -2.23. The van der Waals surface area contributed by atoms with E-state index in [2.05, 4.69) is 5.32 Å². The average Bonchev–Trinajstić information content (AvgIpc) is 2.50. The van der Waals surface area contributed by atoms with Gasteiger partial charge in [0.2, 0.25) is 5.91 Å². The fourth-order valence-electron chi connectivity index (χ4n) is 1.82. The molecule has 24 heavy (non-hydrogen) atoms. The van der Waals surface area contributed by atoms with E-state index >= 15 is 0 Å². The molecular weight excluding hydrogens is 382 g/mol. The maximum absolute atomic E-state index is 12.8. The van der Waals surface area contributed by atoms with Crippen LogP contribution in [0, 0.1) is 0 Å².